The Balaban J connectivity index is 0.00000278. The van der Waals surface area contributed by atoms with Gasteiger partial charge in [-0.25, -0.2) is 0 Å². The SMILES string of the molecule is Oc1c([N-]c2ccc(-n3c4cc5ccccc5cc4c4cc5ccccc5cc43)cc2)ccc2oc3ccccc3c12.[V]. The van der Waals surface area contributed by atoms with Crippen molar-refractivity contribution in [1.82, 2.24) is 4.57 Å². The summed E-state index contributed by atoms with van der Waals surface area (Å²) in [5, 5.41) is 24.9. The molecule has 5 heteroatoms. The molecule has 0 saturated heterocycles. The molecule has 9 rings (SSSR count). The van der Waals surface area contributed by atoms with E-state index in [0.717, 1.165) is 22.3 Å². The van der Waals surface area contributed by atoms with E-state index in [2.05, 4.69) is 89.5 Å². The van der Waals surface area contributed by atoms with Crippen LogP contribution in [0.15, 0.2) is 138 Å². The first-order valence-electron chi connectivity index (χ1n) is 14.0. The van der Waals surface area contributed by atoms with Crippen molar-refractivity contribution >= 4 is 76.7 Å². The van der Waals surface area contributed by atoms with Crippen LogP contribution in [0.1, 0.15) is 0 Å². The summed E-state index contributed by atoms with van der Waals surface area (Å²) in [6, 6.07) is 45.9. The topological polar surface area (TPSA) is 52.4 Å². The Morgan fingerprint density at radius 2 is 1.09 bits per heavy atom. The van der Waals surface area contributed by atoms with Crippen LogP contribution < -0.4 is 0 Å². The molecule has 4 nitrogen and oxygen atoms in total. The van der Waals surface area contributed by atoms with Gasteiger partial charge in [0.05, 0.1) is 16.4 Å². The minimum atomic E-state index is 0. The number of phenols is 1. The zero-order chi connectivity index (χ0) is 27.8. The summed E-state index contributed by atoms with van der Waals surface area (Å²) < 4.78 is 8.26. The first-order chi connectivity index (χ1) is 20.7. The van der Waals surface area contributed by atoms with E-state index in [1.807, 2.05) is 42.5 Å². The second kappa shape index (κ2) is 9.70. The van der Waals surface area contributed by atoms with Crippen LogP contribution in [-0.4, -0.2) is 9.67 Å². The van der Waals surface area contributed by atoms with Crippen molar-refractivity contribution in [1.29, 1.82) is 0 Å². The molecule has 43 heavy (non-hydrogen) atoms. The molecule has 0 saturated carbocycles. The molecule has 0 amide bonds. The summed E-state index contributed by atoms with van der Waals surface area (Å²) in [5.41, 5.74) is 6.05. The standard InChI is InChI=1S/C38H23N2O2.V/c41-38-32(17-18-36-37(38)29-11-5-6-12-35(29)42-36)39-27-13-15-28(16-14-27)40-33-21-25-9-3-1-7-23(25)19-30(33)31-20-24-8-2-4-10-26(24)22-34(31)40;/h1-22,41H;/q-1;. The maximum absolute atomic E-state index is 11.2. The molecule has 0 aliphatic rings. The number of phenolic OH excluding ortho intramolecular Hbond substituents is 1. The smallest absolute Gasteiger partial charge is 0.139 e. The summed E-state index contributed by atoms with van der Waals surface area (Å²) in [7, 11) is 0. The van der Waals surface area contributed by atoms with Gasteiger partial charge in [0.15, 0.2) is 0 Å². The van der Waals surface area contributed by atoms with Gasteiger partial charge < -0.3 is 19.4 Å². The molecule has 9 aromatic rings. The van der Waals surface area contributed by atoms with E-state index in [-0.39, 0.29) is 24.3 Å². The van der Waals surface area contributed by atoms with E-state index < -0.39 is 0 Å². The quantitative estimate of drug-likeness (QED) is 0.223. The van der Waals surface area contributed by atoms with Crippen LogP contribution in [-0.2, 0) is 18.6 Å². The molecule has 2 aromatic heterocycles. The van der Waals surface area contributed by atoms with Gasteiger partial charge in [-0.2, -0.15) is 0 Å². The van der Waals surface area contributed by atoms with Crippen molar-refractivity contribution in [2.45, 2.75) is 0 Å². The summed E-state index contributed by atoms with van der Waals surface area (Å²) in [6.07, 6.45) is 0. The third kappa shape index (κ3) is 3.92. The molecule has 0 aliphatic heterocycles. The first-order valence-corrected chi connectivity index (χ1v) is 14.0. The van der Waals surface area contributed by atoms with Gasteiger partial charge in [-0.1, -0.05) is 90.6 Å². The van der Waals surface area contributed by atoms with Gasteiger partial charge in [-0.05, 0) is 70.1 Å². The van der Waals surface area contributed by atoms with Gasteiger partial charge in [0.2, 0.25) is 0 Å². The fourth-order valence-corrected chi connectivity index (χ4v) is 6.36. The predicted octanol–water partition coefficient (Wildman–Crippen LogP) is 11.0. The summed E-state index contributed by atoms with van der Waals surface area (Å²) in [4.78, 5) is 0. The normalized spacial score (nSPS) is 11.6. The van der Waals surface area contributed by atoms with Crippen molar-refractivity contribution in [3.05, 3.63) is 139 Å². The first kappa shape index (κ1) is 25.5. The largest absolute Gasteiger partial charge is 0.655 e. The number of furan rings is 1. The summed E-state index contributed by atoms with van der Waals surface area (Å²) >= 11 is 0. The number of aromatic hydroxyl groups is 1. The van der Waals surface area contributed by atoms with Crippen LogP contribution in [0, 0.1) is 0 Å². The van der Waals surface area contributed by atoms with Crippen LogP contribution in [0.5, 0.6) is 5.75 Å². The average molecular weight is 591 g/mol. The molecule has 0 fully saturated rings. The van der Waals surface area contributed by atoms with Gasteiger partial charge in [0.25, 0.3) is 0 Å². The number of rotatable bonds is 3. The number of para-hydroxylation sites is 1. The monoisotopic (exact) mass is 590 g/mol. The fourth-order valence-electron chi connectivity index (χ4n) is 6.36. The molecule has 0 spiro atoms. The Hall–Kier alpha value is -5.16. The Bertz CT molecular complexity index is 2410. The van der Waals surface area contributed by atoms with Crippen molar-refractivity contribution < 1.29 is 28.1 Å². The second-order valence-electron chi connectivity index (χ2n) is 10.8. The molecule has 1 radical (unpaired) electrons. The van der Waals surface area contributed by atoms with E-state index >= 15 is 0 Å². The number of fused-ring (bicyclic) bond motifs is 8. The Morgan fingerprint density at radius 1 is 0.535 bits per heavy atom. The average Bonchev–Trinajstić information content (AvgIpc) is 3.56. The van der Waals surface area contributed by atoms with E-state index in [4.69, 9.17) is 9.73 Å². The van der Waals surface area contributed by atoms with Crippen LogP contribution in [0.3, 0.4) is 0 Å². The van der Waals surface area contributed by atoms with E-state index in [9.17, 15) is 5.11 Å². The Labute approximate surface area is 258 Å². The molecule has 0 bridgehead atoms. The van der Waals surface area contributed by atoms with Crippen molar-refractivity contribution in [2.75, 3.05) is 0 Å². The third-order valence-corrected chi connectivity index (χ3v) is 8.35. The maximum atomic E-state index is 11.2. The van der Waals surface area contributed by atoms with Crippen LogP contribution in [0.25, 0.3) is 76.3 Å². The maximum Gasteiger partial charge on any atom is 0.139 e. The summed E-state index contributed by atoms with van der Waals surface area (Å²) in [5.74, 6) is 0.127. The summed E-state index contributed by atoms with van der Waals surface area (Å²) in [6.45, 7) is 0. The minimum Gasteiger partial charge on any atom is -0.655 e. The van der Waals surface area contributed by atoms with Gasteiger partial charge >= 0.3 is 0 Å². The fraction of sp³-hybridized carbons (Fsp3) is 0. The molecule has 7 aromatic carbocycles. The third-order valence-electron chi connectivity index (χ3n) is 8.35. The molecule has 0 aliphatic carbocycles. The molecular weight excluding hydrogens is 567 g/mol. The van der Waals surface area contributed by atoms with E-state index in [1.54, 1.807) is 6.07 Å². The Morgan fingerprint density at radius 3 is 1.72 bits per heavy atom. The van der Waals surface area contributed by atoms with Gasteiger partial charge in [0.1, 0.15) is 16.9 Å². The van der Waals surface area contributed by atoms with Gasteiger partial charge in [-0.15, -0.1) is 5.69 Å². The minimum absolute atomic E-state index is 0. The predicted molar refractivity (Wildman–Crippen MR) is 174 cm³/mol. The van der Waals surface area contributed by atoms with Gasteiger partial charge in [0, 0.05) is 40.4 Å². The molecule has 0 atom stereocenters. The van der Waals surface area contributed by atoms with E-state index in [1.165, 1.54) is 43.4 Å². The van der Waals surface area contributed by atoms with Crippen molar-refractivity contribution in [3.8, 4) is 11.4 Å². The van der Waals surface area contributed by atoms with Crippen LogP contribution in [0.4, 0.5) is 11.4 Å². The van der Waals surface area contributed by atoms with Crippen molar-refractivity contribution in [2.24, 2.45) is 0 Å². The van der Waals surface area contributed by atoms with E-state index in [0.29, 0.717) is 16.7 Å². The molecule has 0 unspecified atom stereocenters. The number of nitrogens with zero attached hydrogens (tertiary/aromatic N) is 2. The zero-order valence-corrected chi connectivity index (χ0v) is 24.3. The number of aromatic nitrogens is 1. The van der Waals surface area contributed by atoms with Gasteiger partial charge in [-0.3, -0.25) is 0 Å². The molecule has 1 N–H and O–H groups in total. The zero-order valence-electron chi connectivity index (χ0n) is 22.9. The van der Waals surface area contributed by atoms with Crippen molar-refractivity contribution in [3.63, 3.8) is 0 Å². The number of hydrogen-bond donors (Lipinski definition) is 1. The molecule has 203 valence electrons. The second-order valence-corrected chi connectivity index (χ2v) is 10.8. The van der Waals surface area contributed by atoms with Crippen LogP contribution in [0.2, 0.25) is 0 Å². The van der Waals surface area contributed by atoms with Crippen LogP contribution >= 0.6 is 0 Å². The Kier molecular flexibility index (Phi) is 5.77. The molecule has 2 heterocycles. The molecular formula is C38H23N2O2V-. The number of hydrogen-bond acceptors (Lipinski definition) is 2. The number of benzene rings is 7.